The van der Waals surface area contributed by atoms with Crippen molar-refractivity contribution in [3.63, 3.8) is 0 Å². The lowest BCUT2D eigenvalue weighted by Gasteiger charge is -2.22. The number of aromatic nitrogens is 1. The largest absolute Gasteiger partial charge is 0.409 e. The van der Waals surface area contributed by atoms with Crippen molar-refractivity contribution in [3.05, 3.63) is 23.0 Å². The van der Waals surface area contributed by atoms with E-state index in [-0.39, 0.29) is 5.84 Å². The Labute approximate surface area is 101 Å². The predicted molar refractivity (Wildman–Crippen MR) is 67.7 cm³/mol. The Kier molecular flexibility index (Phi) is 3.17. The number of rotatable bonds is 2. The lowest BCUT2D eigenvalue weighted by Crippen LogP contribution is -2.25. The zero-order valence-corrected chi connectivity index (χ0v) is 10.3. The molecule has 0 bridgehead atoms. The molecule has 1 saturated heterocycles. The Bertz CT molecular complexity index is 450. The van der Waals surface area contributed by atoms with E-state index >= 15 is 0 Å². The van der Waals surface area contributed by atoms with Crippen LogP contribution in [0.5, 0.6) is 0 Å². The number of anilines is 1. The molecule has 0 aromatic carbocycles. The van der Waals surface area contributed by atoms with Crippen LogP contribution >= 0.6 is 0 Å². The second kappa shape index (κ2) is 4.61. The van der Waals surface area contributed by atoms with Gasteiger partial charge in [-0.05, 0) is 32.8 Å². The second-order valence-corrected chi connectivity index (χ2v) is 4.42. The van der Waals surface area contributed by atoms with E-state index in [0.717, 1.165) is 35.7 Å². The van der Waals surface area contributed by atoms with Gasteiger partial charge < -0.3 is 15.8 Å². The van der Waals surface area contributed by atoms with E-state index in [1.807, 2.05) is 19.9 Å². The molecule has 17 heavy (non-hydrogen) atoms. The molecule has 0 unspecified atom stereocenters. The zero-order chi connectivity index (χ0) is 12.4. The fourth-order valence-electron chi connectivity index (χ4n) is 2.38. The first-order valence-corrected chi connectivity index (χ1v) is 5.84. The molecule has 1 aliphatic rings. The lowest BCUT2D eigenvalue weighted by atomic mass is 10.1. The van der Waals surface area contributed by atoms with Gasteiger partial charge in [-0.25, -0.2) is 0 Å². The molecule has 0 saturated carbocycles. The van der Waals surface area contributed by atoms with Crippen LogP contribution in [-0.2, 0) is 0 Å². The van der Waals surface area contributed by atoms with Crippen molar-refractivity contribution in [2.75, 3.05) is 18.0 Å². The maximum absolute atomic E-state index is 8.87. The molecular weight excluding hydrogens is 216 g/mol. The first kappa shape index (κ1) is 11.7. The van der Waals surface area contributed by atoms with E-state index in [1.165, 1.54) is 12.8 Å². The van der Waals surface area contributed by atoms with Crippen LogP contribution in [0.3, 0.4) is 0 Å². The van der Waals surface area contributed by atoms with Gasteiger partial charge in [0, 0.05) is 18.8 Å². The van der Waals surface area contributed by atoms with Crippen LogP contribution in [0.25, 0.3) is 0 Å². The first-order valence-electron chi connectivity index (χ1n) is 5.84. The molecule has 5 heteroatoms. The molecule has 2 heterocycles. The third kappa shape index (κ3) is 2.18. The number of oxime groups is 1. The Hall–Kier alpha value is -1.78. The van der Waals surface area contributed by atoms with Gasteiger partial charge in [0.2, 0.25) is 0 Å². The van der Waals surface area contributed by atoms with Crippen LogP contribution < -0.4 is 10.6 Å². The molecule has 0 atom stereocenters. The highest BCUT2D eigenvalue weighted by Gasteiger charge is 2.20. The van der Waals surface area contributed by atoms with Gasteiger partial charge in [0.05, 0.1) is 16.9 Å². The summed E-state index contributed by atoms with van der Waals surface area (Å²) >= 11 is 0. The van der Waals surface area contributed by atoms with Gasteiger partial charge in [-0.2, -0.15) is 0 Å². The number of nitrogens with zero attached hydrogens (tertiary/aromatic N) is 3. The summed E-state index contributed by atoms with van der Waals surface area (Å²) in [6, 6.07) is 2.01. The second-order valence-electron chi connectivity index (χ2n) is 4.42. The minimum Gasteiger partial charge on any atom is -0.409 e. The van der Waals surface area contributed by atoms with Crippen molar-refractivity contribution in [1.82, 2.24) is 4.98 Å². The van der Waals surface area contributed by atoms with Gasteiger partial charge >= 0.3 is 0 Å². The summed E-state index contributed by atoms with van der Waals surface area (Å²) in [7, 11) is 0. The molecule has 0 radical (unpaired) electrons. The van der Waals surface area contributed by atoms with Gasteiger partial charge in [0.1, 0.15) is 0 Å². The van der Waals surface area contributed by atoms with Crippen LogP contribution in [0, 0.1) is 13.8 Å². The molecule has 2 rings (SSSR count). The standard InChI is InChI=1S/C12H18N4O/c1-8-7-10(16-5-3-4-6-16)11(9(2)14-8)12(13)15-17/h7,17H,3-6H2,1-2H3,(H2,13,15). The molecule has 3 N–H and O–H groups in total. The minimum atomic E-state index is 0.136. The zero-order valence-electron chi connectivity index (χ0n) is 10.3. The third-order valence-corrected chi connectivity index (χ3v) is 3.12. The topological polar surface area (TPSA) is 74.7 Å². The van der Waals surface area contributed by atoms with E-state index in [0.29, 0.717) is 0 Å². The predicted octanol–water partition coefficient (Wildman–Crippen LogP) is 1.39. The number of hydrogen-bond acceptors (Lipinski definition) is 4. The third-order valence-electron chi connectivity index (χ3n) is 3.12. The molecule has 0 spiro atoms. The highest BCUT2D eigenvalue weighted by molar-refractivity contribution is 6.03. The summed E-state index contributed by atoms with van der Waals surface area (Å²) in [4.78, 5) is 6.65. The Balaban J connectivity index is 2.54. The molecule has 1 aliphatic heterocycles. The molecule has 1 fully saturated rings. The number of hydrogen-bond donors (Lipinski definition) is 2. The summed E-state index contributed by atoms with van der Waals surface area (Å²) in [5.41, 5.74) is 9.29. The highest BCUT2D eigenvalue weighted by Crippen LogP contribution is 2.27. The number of amidine groups is 1. The van der Waals surface area contributed by atoms with Crippen molar-refractivity contribution in [2.45, 2.75) is 26.7 Å². The normalized spacial score (nSPS) is 16.6. The monoisotopic (exact) mass is 234 g/mol. The van der Waals surface area contributed by atoms with Crippen molar-refractivity contribution in [3.8, 4) is 0 Å². The molecular formula is C12H18N4O. The van der Waals surface area contributed by atoms with Crippen molar-refractivity contribution >= 4 is 11.5 Å². The van der Waals surface area contributed by atoms with Crippen molar-refractivity contribution < 1.29 is 5.21 Å². The summed E-state index contributed by atoms with van der Waals surface area (Å²) in [6.45, 7) is 5.89. The number of aryl methyl sites for hydroxylation is 2. The van der Waals surface area contributed by atoms with E-state index in [9.17, 15) is 0 Å². The molecule has 92 valence electrons. The van der Waals surface area contributed by atoms with Crippen LogP contribution in [-0.4, -0.2) is 29.1 Å². The van der Waals surface area contributed by atoms with Crippen molar-refractivity contribution in [1.29, 1.82) is 0 Å². The molecule has 1 aromatic heterocycles. The molecule has 1 aromatic rings. The van der Waals surface area contributed by atoms with Crippen LogP contribution in [0.1, 0.15) is 29.8 Å². The number of nitrogens with two attached hydrogens (primary N) is 1. The van der Waals surface area contributed by atoms with Crippen LogP contribution in [0.15, 0.2) is 11.2 Å². The number of pyridine rings is 1. The van der Waals surface area contributed by atoms with Crippen molar-refractivity contribution in [2.24, 2.45) is 10.9 Å². The van der Waals surface area contributed by atoms with Crippen LogP contribution in [0.2, 0.25) is 0 Å². The Morgan fingerprint density at radius 3 is 2.65 bits per heavy atom. The van der Waals surface area contributed by atoms with Gasteiger partial charge in [-0.15, -0.1) is 0 Å². The molecule has 0 amide bonds. The van der Waals surface area contributed by atoms with Crippen LogP contribution in [0.4, 0.5) is 5.69 Å². The summed E-state index contributed by atoms with van der Waals surface area (Å²) < 4.78 is 0. The average Bonchev–Trinajstić information content (AvgIpc) is 2.80. The van der Waals surface area contributed by atoms with Gasteiger partial charge in [-0.3, -0.25) is 4.98 Å². The van der Waals surface area contributed by atoms with Gasteiger partial charge in [-0.1, -0.05) is 5.16 Å². The maximum atomic E-state index is 8.87. The summed E-state index contributed by atoms with van der Waals surface area (Å²) in [5.74, 6) is 0.136. The van der Waals surface area contributed by atoms with E-state index < -0.39 is 0 Å². The Morgan fingerprint density at radius 2 is 2.06 bits per heavy atom. The lowest BCUT2D eigenvalue weighted by molar-refractivity contribution is 0.318. The van der Waals surface area contributed by atoms with E-state index in [4.69, 9.17) is 10.9 Å². The van der Waals surface area contributed by atoms with Gasteiger partial charge in [0.15, 0.2) is 5.84 Å². The van der Waals surface area contributed by atoms with Gasteiger partial charge in [0.25, 0.3) is 0 Å². The van der Waals surface area contributed by atoms with E-state index in [2.05, 4.69) is 15.0 Å². The molecule has 5 nitrogen and oxygen atoms in total. The SMILES string of the molecule is Cc1cc(N2CCCC2)c(/C(N)=N/O)c(C)n1. The average molecular weight is 234 g/mol. The fourth-order valence-corrected chi connectivity index (χ4v) is 2.38. The summed E-state index contributed by atoms with van der Waals surface area (Å²) in [5, 5.41) is 12.0. The fraction of sp³-hybridized carbons (Fsp3) is 0.500. The quantitative estimate of drug-likeness (QED) is 0.351. The highest BCUT2D eigenvalue weighted by atomic mass is 16.4. The minimum absolute atomic E-state index is 0.136. The first-order chi connectivity index (χ1) is 8.13. The molecule has 0 aliphatic carbocycles. The van der Waals surface area contributed by atoms with E-state index in [1.54, 1.807) is 0 Å². The maximum Gasteiger partial charge on any atom is 0.174 e. The smallest absolute Gasteiger partial charge is 0.174 e. The Morgan fingerprint density at radius 1 is 1.41 bits per heavy atom. The summed E-state index contributed by atoms with van der Waals surface area (Å²) in [6.07, 6.45) is 2.38.